The molecular formula is C13H27N3O. The van der Waals surface area contributed by atoms with Crippen LogP contribution >= 0.6 is 0 Å². The van der Waals surface area contributed by atoms with Gasteiger partial charge in [0.25, 0.3) is 0 Å². The van der Waals surface area contributed by atoms with Crippen LogP contribution in [0.4, 0.5) is 0 Å². The summed E-state index contributed by atoms with van der Waals surface area (Å²) in [7, 11) is 0. The van der Waals surface area contributed by atoms with E-state index in [1.807, 2.05) is 13.8 Å². The van der Waals surface area contributed by atoms with Crippen LogP contribution in [0, 0.1) is 5.41 Å². The first-order valence-corrected chi connectivity index (χ1v) is 6.69. The van der Waals surface area contributed by atoms with Gasteiger partial charge in [0.2, 0.25) is 5.91 Å². The summed E-state index contributed by atoms with van der Waals surface area (Å²) in [6.45, 7) is 9.51. The molecule has 0 aromatic heterocycles. The lowest BCUT2D eigenvalue weighted by Gasteiger charge is -2.31. The molecule has 1 aliphatic rings. The van der Waals surface area contributed by atoms with Gasteiger partial charge in [0.1, 0.15) is 0 Å². The predicted octanol–water partition coefficient (Wildman–Crippen LogP) is 0.962. The van der Waals surface area contributed by atoms with E-state index in [0.717, 1.165) is 6.54 Å². The van der Waals surface area contributed by atoms with Gasteiger partial charge in [0.15, 0.2) is 0 Å². The van der Waals surface area contributed by atoms with Gasteiger partial charge in [-0.1, -0.05) is 6.42 Å². The summed E-state index contributed by atoms with van der Waals surface area (Å²) in [5.41, 5.74) is 5.13. The second-order valence-electron chi connectivity index (χ2n) is 5.82. The van der Waals surface area contributed by atoms with Crippen LogP contribution < -0.4 is 11.1 Å². The number of hydrogen-bond acceptors (Lipinski definition) is 3. The highest BCUT2D eigenvalue weighted by molar-refractivity contribution is 5.82. The summed E-state index contributed by atoms with van der Waals surface area (Å²) in [4.78, 5) is 14.4. The lowest BCUT2D eigenvalue weighted by Crippen LogP contribution is -2.49. The maximum Gasteiger partial charge on any atom is 0.227 e. The van der Waals surface area contributed by atoms with Gasteiger partial charge in [0.05, 0.1) is 5.41 Å². The van der Waals surface area contributed by atoms with Crippen molar-refractivity contribution >= 4 is 5.91 Å². The Morgan fingerprint density at radius 3 is 2.47 bits per heavy atom. The van der Waals surface area contributed by atoms with Crippen LogP contribution in [-0.4, -0.2) is 43.0 Å². The molecule has 1 atom stereocenters. The van der Waals surface area contributed by atoms with Crippen LogP contribution in [0.2, 0.25) is 0 Å². The minimum atomic E-state index is -0.462. The minimum absolute atomic E-state index is 0.0597. The SMILES string of the molecule is CC(CN1CCCCC1)NC(=O)C(C)(C)CN. The molecule has 3 N–H and O–H groups in total. The number of carbonyl (C=O) groups excluding carboxylic acids is 1. The van der Waals surface area contributed by atoms with E-state index < -0.39 is 5.41 Å². The highest BCUT2D eigenvalue weighted by atomic mass is 16.2. The van der Waals surface area contributed by atoms with Gasteiger partial charge in [-0.15, -0.1) is 0 Å². The summed E-state index contributed by atoms with van der Waals surface area (Å²) >= 11 is 0. The molecule has 0 aromatic rings. The minimum Gasteiger partial charge on any atom is -0.352 e. The van der Waals surface area contributed by atoms with Crippen molar-refractivity contribution in [1.29, 1.82) is 0 Å². The average molecular weight is 241 g/mol. The molecule has 0 aliphatic carbocycles. The summed E-state index contributed by atoms with van der Waals surface area (Å²) < 4.78 is 0. The number of nitrogens with two attached hydrogens (primary N) is 1. The summed E-state index contributed by atoms with van der Waals surface area (Å²) in [5.74, 6) is 0.0597. The fourth-order valence-electron chi connectivity index (χ4n) is 2.09. The molecular weight excluding hydrogens is 214 g/mol. The van der Waals surface area contributed by atoms with Gasteiger partial charge in [-0.2, -0.15) is 0 Å². The van der Waals surface area contributed by atoms with E-state index in [1.54, 1.807) is 0 Å². The molecule has 1 rings (SSSR count). The molecule has 1 amide bonds. The van der Waals surface area contributed by atoms with Crippen molar-refractivity contribution < 1.29 is 4.79 Å². The Bertz CT molecular complexity index is 247. The Hall–Kier alpha value is -0.610. The molecule has 0 radical (unpaired) electrons. The maximum absolute atomic E-state index is 11.9. The normalized spacial score (nSPS) is 20.0. The number of rotatable bonds is 5. The molecule has 1 saturated heterocycles. The van der Waals surface area contributed by atoms with Crippen molar-refractivity contribution in [3.05, 3.63) is 0 Å². The standard InChI is InChI=1S/C13H27N3O/c1-11(9-16-7-5-4-6-8-16)15-12(17)13(2,3)10-14/h11H,4-10,14H2,1-3H3,(H,15,17). The zero-order valence-electron chi connectivity index (χ0n) is 11.5. The third-order valence-corrected chi connectivity index (χ3v) is 3.48. The number of carbonyl (C=O) groups is 1. The molecule has 0 bridgehead atoms. The van der Waals surface area contributed by atoms with Crippen molar-refractivity contribution in [2.24, 2.45) is 11.1 Å². The predicted molar refractivity (Wildman–Crippen MR) is 70.7 cm³/mol. The molecule has 1 unspecified atom stereocenters. The Morgan fingerprint density at radius 2 is 1.94 bits per heavy atom. The summed E-state index contributed by atoms with van der Waals surface area (Å²) in [6, 6.07) is 0.200. The largest absolute Gasteiger partial charge is 0.352 e. The molecule has 17 heavy (non-hydrogen) atoms. The molecule has 0 saturated carbocycles. The second kappa shape index (κ2) is 6.36. The maximum atomic E-state index is 11.9. The first kappa shape index (κ1) is 14.5. The molecule has 1 fully saturated rings. The fraction of sp³-hybridized carbons (Fsp3) is 0.923. The summed E-state index contributed by atoms with van der Waals surface area (Å²) in [5, 5.41) is 3.06. The van der Waals surface area contributed by atoms with E-state index in [-0.39, 0.29) is 11.9 Å². The van der Waals surface area contributed by atoms with Crippen LogP contribution in [0.25, 0.3) is 0 Å². The van der Waals surface area contributed by atoms with Crippen molar-refractivity contribution in [3.63, 3.8) is 0 Å². The number of piperidine rings is 1. The fourth-order valence-corrected chi connectivity index (χ4v) is 2.09. The van der Waals surface area contributed by atoms with Gasteiger partial charge >= 0.3 is 0 Å². The van der Waals surface area contributed by atoms with Crippen LogP contribution in [0.5, 0.6) is 0 Å². The number of nitrogens with one attached hydrogen (secondary N) is 1. The highest BCUT2D eigenvalue weighted by Gasteiger charge is 2.27. The van der Waals surface area contributed by atoms with E-state index in [4.69, 9.17) is 5.73 Å². The van der Waals surface area contributed by atoms with Crippen LogP contribution in [0.15, 0.2) is 0 Å². The number of hydrogen-bond donors (Lipinski definition) is 2. The Kier molecular flexibility index (Phi) is 5.40. The number of amides is 1. The Labute approximate surface area is 105 Å². The van der Waals surface area contributed by atoms with Crippen molar-refractivity contribution in [1.82, 2.24) is 10.2 Å². The molecule has 1 heterocycles. The third kappa shape index (κ3) is 4.64. The van der Waals surface area contributed by atoms with Crippen LogP contribution in [0.3, 0.4) is 0 Å². The average Bonchev–Trinajstić information content (AvgIpc) is 2.30. The first-order valence-electron chi connectivity index (χ1n) is 6.69. The van der Waals surface area contributed by atoms with Crippen LogP contribution in [0.1, 0.15) is 40.0 Å². The molecule has 4 nitrogen and oxygen atoms in total. The van der Waals surface area contributed by atoms with E-state index in [0.29, 0.717) is 6.54 Å². The first-order chi connectivity index (χ1) is 7.95. The Morgan fingerprint density at radius 1 is 1.35 bits per heavy atom. The van der Waals surface area contributed by atoms with Crippen molar-refractivity contribution in [2.45, 2.75) is 46.1 Å². The monoisotopic (exact) mass is 241 g/mol. The van der Waals surface area contributed by atoms with E-state index in [9.17, 15) is 4.79 Å². The van der Waals surface area contributed by atoms with Gasteiger partial charge in [0, 0.05) is 19.1 Å². The van der Waals surface area contributed by atoms with Crippen molar-refractivity contribution in [2.75, 3.05) is 26.2 Å². The number of nitrogens with zero attached hydrogens (tertiary/aromatic N) is 1. The third-order valence-electron chi connectivity index (χ3n) is 3.48. The quantitative estimate of drug-likeness (QED) is 0.754. The highest BCUT2D eigenvalue weighted by Crippen LogP contribution is 2.13. The lowest BCUT2D eigenvalue weighted by molar-refractivity contribution is -0.129. The Balaban J connectivity index is 2.33. The van der Waals surface area contributed by atoms with Gasteiger partial charge in [-0.3, -0.25) is 4.79 Å². The topological polar surface area (TPSA) is 58.4 Å². The smallest absolute Gasteiger partial charge is 0.227 e. The molecule has 0 spiro atoms. The van der Waals surface area contributed by atoms with Gasteiger partial charge in [-0.05, 0) is 46.7 Å². The molecule has 100 valence electrons. The molecule has 0 aromatic carbocycles. The zero-order valence-corrected chi connectivity index (χ0v) is 11.5. The van der Waals surface area contributed by atoms with Crippen LogP contribution in [-0.2, 0) is 4.79 Å². The number of likely N-dealkylation sites (tertiary alicyclic amines) is 1. The molecule has 1 aliphatic heterocycles. The van der Waals surface area contributed by atoms with Gasteiger partial charge in [-0.25, -0.2) is 0 Å². The van der Waals surface area contributed by atoms with E-state index in [2.05, 4.69) is 17.1 Å². The lowest BCUT2D eigenvalue weighted by atomic mass is 9.92. The second-order valence-corrected chi connectivity index (χ2v) is 5.82. The van der Waals surface area contributed by atoms with E-state index >= 15 is 0 Å². The zero-order chi connectivity index (χ0) is 12.9. The van der Waals surface area contributed by atoms with E-state index in [1.165, 1.54) is 32.4 Å². The summed E-state index contributed by atoms with van der Waals surface area (Å²) in [6.07, 6.45) is 3.92. The molecule has 4 heteroatoms. The van der Waals surface area contributed by atoms with Crippen molar-refractivity contribution in [3.8, 4) is 0 Å². The van der Waals surface area contributed by atoms with Gasteiger partial charge < -0.3 is 16.0 Å².